The van der Waals surface area contributed by atoms with Crippen molar-refractivity contribution in [2.24, 2.45) is 0 Å². The van der Waals surface area contributed by atoms with Crippen LogP contribution in [0.3, 0.4) is 0 Å². The Morgan fingerprint density at radius 2 is 1.71 bits per heavy atom. The molecule has 0 spiro atoms. The average molecular weight is 446 g/mol. The number of nitrogens with one attached hydrogen (secondary N) is 1. The Labute approximate surface area is 185 Å². The molecule has 0 radical (unpaired) electrons. The number of amides is 3. The van der Waals surface area contributed by atoms with Gasteiger partial charge < -0.3 is 24.3 Å². The van der Waals surface area contributed by atoms with E-state index < -0.39 is 11.5 Å². The molecule has 1 N–H and O–H groups in total. The van der Waals surface area contributed by atoms with Crippen LogP contribution in [0.4, 0.5) is 4.79 Å². The van der Waals surface area contributed by atoms with Gasteiger partial charge in [0, 0.05) is 31.4 Å². The quantitative estimate of drug-likeness (QED) is 0.659. The van der Waals surface area contributed by atoms with E-state index in [1.54, 1.807) is 21.9 Å². The number of hydrogen-bond acceptors (Lipinski definition) is 6. The van der Waals surface area contributed by atoms with Crippen molar-refractivity contribution >= 4 is 29.7 Å². The Balaban J connectivity index is 1.53. The summed E-state index contributed by atoms with van der Waals surface area (Å²) in [5.74, 6) is -0.0934. The lowest BCUT2D eigenvalue weighted by Crippen LogP contribution is -2.55. The van der Waals surface area contributed by atoms with Crippen LogP contribution in [0.15, 0.2) is 53.1 Å². The van der Waals surface area contributed by atoms with Crippen LogP contribution in [0.25, 0.3) is 0 Å². The number of carbonyl (C=O) groups is 3. The lowest BCUT2D eigenvalue weighted by molar-refractivity contribution is -0.132. The highest BCUT2D eigenvalue weighted by Gasteiger charge is 2.31. The number of alkyl carbamates (subject to hydrolysis) is 1. The topological polar surface area (TPSA) is 92.1 Å². The molecule has 1 aliphatic rings. The van der Waals surface area contributed by atoms with Crippen LogP contribution < -0.4 is 5.32 Å². The first-order chi connectivity index (χ1) is 14.9. The fourth-order valence-corrected chi connectivity index (χ4v) is 4.12. The molecular formula is C22H27N3O5S. The fourth-order valence-electron chi connectivity index (χ4n) is 3.15. The van der Waals surface area contributed by atoms with E-state index in [2.05, 4.69) is 5.32 Å². The Kier molecular flexibility index (Phi) is 8.00. The Bertz CT molecular complexity index is 865. The van der Waals surface area contributed by atoms with E-state index in [1.807, 2.05) is 44.2 Å². The molecule has 9 heteroatoms. The minimum Gasteiger partial charge on any atom is -0.459 e. The summed E-state index contributed by atoms with van der Waals surface area (Å²) in [6.07, 6.45) is 0.825. The molecule has 8 nitrogen and oxygen atoms in total. The third-order valence-electron chi connectivity index (χ3n) is 4.70. The van der Waals surface area contributed by atoms with Crippen LogP contribution >= 0.6 is 11.8 Å². The number of nitrogens with zero attached hydrogens (tertiary/aromatic N) is 2. The zero-order valence-corrected chi connectivity index (χ0v) is 18.5. The lowest BCUT2D eigenvalue weighted by Gasteiger charge is -2.36. The molecule has 1 aromatic carbocycles. The fraction of sp³-hybridized carbons (Fsp3) is 0.409. The van der Waals surface area contributed by atoms with Gasteiger partial charge in [0.25, 0.3) is 11.8 Å². The van der Waals surface area contributed by atoms with Gasteiger partial charge in [-0.3, -0.25) is 9.59 Å². The second-order valence-corrected chi connectivity index (χ2v) is 9.05. The van der Waals surface area contributed by atoms with Crippen molar-refractivity contribution in [1.82, 2.24) is 15.1 Å². The summed E-state index contributed by atoms with van der Waals surface area (Å²) in [6.45, 7) is 5.64. The third kappa shape index (κ3) is 6.52. The molecule has 2 aromatic rings. The zero-order chi connectivity index (χ0) is 22.2. The minimum absolute atomic E-state index is 0.130. The molecule has 3 amide bonds. The van der Waals surface area contributed by atoms with E-state index in [-0.39, 0.29) is 29.4 Å². The predicted octanol–water partition coefficient (Wildman–Crippen LogP) is 2.96. The van der Waals surface area contributed by atoms with Crippen LogP contribution in [0, 0.1) is 0 Å². The van der Waals surface area contributed by atoms with Gasteiger partial charge in [-0.25, -0.2) is 4.79 Å². The number of thioether (sulfide) groups is 1. The van der Waals surface area contributed by atoms with Crippen LogP contribution in [0.2, 0.25) is 0 Å². The van der Waals surface area contributed by atoms with Crippen molar-refractivity contribution in [2.75, 3.05) is 26.2 Å². The normalized spacial score (nSPS) is 14.9. The van der Waals surface area contributed by atoms with Gasteiger partial charge in [0.05, 0.1) is 6.26 Å². The Morgan fingerprint density at radius 3 is 2.32 bits per heavy atom. The molecule has 1 saturated heterocycles. The summed E-state index contributed by atoms with van der Waals surface area (Å²) in [5, 5.41) is 2.06. The summed E-state index contributed by atoms with van der Waals surface area (Å²) in [7, 11) is 0. The number of rotatable bonds is 7. The second-order valence-electron chi connectivity index (χ2n) is 7.37. The van der Waals surface area contributed by atoms with Gasteiger partial charge >= 0.3 is 6.09 Å². The van der Waals surface area contributed by atoms with Gasteiger partial charge in [-0.1, -0.05) is 44.2 Å². The van der Waals surface area contributed by atoms with Gasteiger partial charge in [0.15, 0.2) is 11.1 Å². The maximum absolute atomic E-state index is 13.1. The van der Waals surface area contributed by atoms with Crippen molar-refractivity contribution in [3.8, 4) is 0 Å². The van der Waals surface area contributed by atoms with Gasteiger partial charge in [-0.05, 0) is 17.7 Å². The smallest absolute Gasteiger partial charge is 0.408 e. The molecule has 31 heavy (non-hydrogen) atoms. The Hall–Kier alpha value is -2.94. The molecule has 1 aliphatic heterocycles. The average Bonchev–Trinajstić information content (AvgIpc) is 3.32. The molecule has 3 rings (SSSR count). The summed E-state index contributed by atoms with van der Waals surface area (Å²) < 4.78 is 10.4. The van der Waals surface area contributed by atoms with E-state index in [0.717, 1.165) is 5.56 Å². The number of carbonyl (C=O) groups excluding carboxylic acids is 3. The lowest BCUT2D eigenvalue weighted by atomic mass is 10.2. The molecule has 1 fully saturated rings. The van der Waals surface area contributed by atoms with Gasteiger partial charge in [-0.2, -0.15) is 0 Å². The molecule has 0 saturated carbocycles. The van der Waals surface area contributed by atoms with Crippen LogP contribution in [0.1, 0.15) is 30.0 Å². The van der Waals surface area contributed by atoms with Crippen LogP contribution in [0.5, 0.6) is 0 Å². The predicted molar refractivity (Wildman–Crippen MR) is 117 cm³/mol. The molecule has 0 bridgehead atoms. The zero-order valence-electron chi connectivity index (χ0n) is 17.7. The van der Waals surface area contributed by atoms with Gasteiger partial charge in [-0.15, -0.1) is 11.8 Å². The van der Waals surface area contributed by atoms with Crippen LogP contribution in [-0.4, -0.2) is 64.5 Å². The van der Waals surface area contributed by atoms with Gasteiger partial charge in [0.1, 0.15) is 6.61 Å². The highest BCUT2D eigenvalue weighted by Crippen LogP contribution is 2.19. The van der Waals surface area contributed by atoms with Crippen molar-refractivity contribution in [2.45, 2.75) is 31.1 Å². The summed E-state index contributed by atoms with van der Waals surface area (Å²) >= 11 is 1.36. The summed E-state index contributed by atoms with van der Waals surface area (Å²) in [4.78, 5) is 41.1. The van der Waals surface area contributed by atoms with Crippen molar-refractivity contribution in [3.05, 3.63) is 60.1 Å². The van der Waals surface area contributed by atoms with Crippen LogP contribution in [-0.2, 0) is 16.1 Å². The van der Waals surface area contributed by atoms with Gasteiger partial charge in [0.2, 0.25) is 0 Å². The third-order valence-corrected chi connectivity index (χ3v) is 5.84. The monoisotopic (exact) mass is 445 g/mol. The van der Waals surface area contributed by atoms with E-state index in [9.17, 15) is 14.4 Å². The summed E-state index contributed by atoms with van der Waals surface area (Å²) in [6, 6.07) is 12.6. The largest absolute Gasteiger partial charge is 0.459 e. The minimum atomic E-state index is -0.754. The highest BCUT2D eigenvalue weighted by molar-refractivity contribution is 8.01. The van der Waals surface area contributed by atoms with E-state index in [4.69, 9.17) is 9.15 Å². The van der Waals surface area contributed by atoms with E-state index in [1.165, 1.54) is 18.0 Å². The number of furan rings is 1. The molecule has 1 atom stereocenters. The molecular weight excluding hydrogens is 418 g/mol. The van der Waals surface area contributed by atoms with Crippen molar-refractivity contribution in [1.29, 1.82) is 0 Å². The number of piperazine rings is 1. The first-order valence-corrected chi connectivity index (χ1v) is 11.1. The number of hydrogen-bond donors (Lipinski definition) is 1. The molecule has 1 aromatic heterocycles. The SMILES string of the molecule is CC(C)SC(NC(=O)OCc1ccccc1)C(=O)N1CCN(C(=O)c2ccco2)CC1. The maximum Gasteiger partial charge on any atom is 0.408 e. The summed E-state index contributed by atoms with van der Waals surface area (Å²) in [5.41, 5.74) is 0.870. The number of benzene rings is 1. The first-order valence-electron chi connectivity index (χ1n) is 10.2. The highest BCUT2D eigenvalue weighted by atomic mass is 32.2. The number of ether oxygens (including phenoxy) is 1. The van der Waals surface area contributed by atoms with Crippen molar-refractivity contribution < 1.29 is 23.5 Å². The maximum atomic E-state index is 13.1. The van der Waals surface area contributed by atoms with E-state index in [0.29, 0.717) is 26.2 Å². The second kappa shape index (κ2) is 10.9. The first kappa shape index (κ1) is 22.7. The standard InChI is InChI=1S/C22H27N3O5S/c1-16(2)31-19(23-22(28)30-15-17-7-4-3-5-8-17)21(27)25-12-10-24(11-13-25)20(26)18-9-6-14-29-18/h3-9,14,16,19H,10-13,15H2,1-2H3,(H,23,28). The van der Waals surface area contributed by atoms with E-state index >= 15 is 0 Å². The Morgan fingerprint density at radius 1 is 1.03 bits per heavy atom. The molecule has 166 valence electrons. The van der Waals surface area contributed by atoms with Crippen molar-refractivity contribution in [3.63, 3.8) is 0 Å². The molecule has 2 heterocycles. The molecule has 1 unspecified atom stereocenters. The molecule has 0 aliphatic carbocycles.